The highest BCUT2D eigenvalue weighted by Crippen LogP contribution is 2.31. The predicted octanol–water partition coefficient (Wildman–Crippen LogP) is 1.75. The first kappa shape index (κ1) is 11.7. The summed E-state index contributed by atoms with van der Waals surface area (Å²) in [6, 6.07) is 1.02. The molecular formula is C12H22N2O2. The summed E-state index contributed by atoms with van der Waals surface area (Å²) in [4.78, 5) is 14.0. The number of rotatable bonds is 0. The van der Waals surface area contributed by atoms with Gasteiger partial charge < -0.3 is 10.1 Å². The average molecular weight is 226 g/mol. The van der Waals surface area contributed by atoms with Crippen molar-refractivity contribution in [2.75, 3.05) is 6.54 Å². The second kappa shape index (κ2) is 3.91. The first-order valence-corrected chi connectivity index (χ1v) is 6.13. The molecule has 16 heavy (non-hydrogen) atoms. The summed E-state index contributed by atoms with van der Waals surface area (Å²) < 4.78 is 5.47. The molecule has 0 spiro atoms. The molecule has 92 valence electrons. The van der Waals surface area contributed by atoms with Crippen LogP contribution in [-0.4, -0.2) is 41.3 Å². The van der Waals surface area contributed by atoms with Gasteiger partial charge in [0, 0.05) is 18.6 Å². The Bertz CT molecular complexity index is 285. The lowest BCUT2D eigenvalue weighted by Crippen LogP contribution is -2.59. The molecule has 0 saturated carbocycles. The molecule has 0 aliphatic carbocycles. The highest BCUT2D eigenvalue weighted by molar-refractivity contribution is 5.69. The fraction of sp³-hybridized carbons (Fsp3) is 0.917. The van der Waals surface area contributed by atoms with E-state index in [1.807, 2.05) is 25.7 Å². The molecule has 2 saturated heterocycles. The fourth-order valence-corrected chi connectivity index (χ4v) is 2.66. The summed E-state index contributed by atoms with van der Waals surface area (Å²) >= 11 is 0. The monoisotopic (exact) mass is 226 g/mol. The van der Waals surface area contributed by atoms with E-state index in [0.717, 1.165) is 19.4 Å². The van der Waals surface area contributed by atoms with E-state index in [1.54, 1.807) is 0 Å². The molecule has 1 amide bonds. The molecular weight excluding hydrogens is 204 g/mol. The van der Waals surface area contributed by atoms with Gasteiger partial charge in [-0.3, -0.25) is 4.90 Å². The molecule has 0 aromatic carbocycles. The van der Waals surface area contributed by atoms with Crippen LogP contribution >= 0.6 is 0 Å². The molecule has 2 fully saturated rings. The summed E-state index contributed by atoms with van der Waals surface area (Å²) in [5.74, 6) is 0. The normalized spacial score (nSPS) is 34.0. The Morgan fingerprint density at radius 1 is 1.38 bits per heavy atom. The summed E-state index contributed by atoms with van der Waals surface area (Å²) in [6.07, 6.45) is 2.05. The minimum absolute atomic E-state index is 0.145. The zero-order chi connectivity index (χ0) is 11.9. The number of nitrogens with zero attached hydrogens (tertiary/aromatic N) is 1. The Hall–Kier alpha value is -0.770. The molecule has 1 N–H and O–H groups in total. The summed E-state index contributed by atoms with van der Waals surface area (Å²) in [6.45, 7) is 8.79. The van der Waals surface area contributed by atoms with Crippen molar-refractivity contribution in [2.45, 2.75) is 64.3 Å². The molecule has 2 aliphatic heterocycles. The lowest BCUT2D eigenvalue weighted by atomic mass is 10.1. The number of hydrogen-bond acceptors (Lipinski definition) is 3. The van der Waals surface area contributed by atoms with Crippen LogP contribution in [0.4, 0.5) is 4.79 Å². The van der Waals surface area contributed by atoms with Crippen LogP contribution in [0.3, 0.4) is 0 Å². The van der Waals surface area contributed by atoms with E-state index in [0.29, 0.717) is 18.1 Å². The zero-order valence-corrected chi connectivity index (χ0v) is 10.6. The van der Waals surface area contributed by atoms with Gasteiger partial charge in [0.15, 0.2) is 0 Å². The van der Waals surface area contributed by atoms with Gasteiger partial charge in [-0.25, -0.2) is 4.79 Å². The lowest BCUT2D eigenvalue weighted by molar-refractivity contribution is 0.00526. The second-order valence-corrected chi connectivity index (χ2v) is 5.88. The summed E-state index contributed by atoms with van der Waals surface area (Å²) in [7, 11) is 0. The third-order valence-corrected chi connectivity index (χ3v) is 3.40. The molecule has 4 nitrogen and oxygen atoms in total. The Morgan fingerprint density at radius 2 is 2.06 bits per heavy atom. The van der Waals surface area contributed by atoms with E-state index in [-0.39, 0.29) is 6.09 Å². The number of ether oxygens (including phenoxy) is 1. The molecule has 0 aromatic heterocycles. The van der Waals surface area contributed by atoms with Crippen LogP contribution < -0.4 is 5.32 Å². The highest BCUT2D eigenvalue weighted by atomic mass is 16.6. The number of amides is 1. The Labute approximate surface area is 97.3 Å². The van der Waals surface area contributed by atoms with Gasteiger partial charge in [-0.2, -0.15) is 0 Å². The van der Waals surface area contributed by atoms with E-state index in [1.165, 1.54) is 0 Å². The fourth-order valence-electron chi connectivity index (χ4n) is 2.66. The lowest BCUT2D eigenvalue weighted by Gasteiger charge is -2.39. The molecule has 0 aromatic rings. The van der Waals surface area contributed by atoms with Gasteiger partial charge in [0.1, 0.15) is 5.60 Å². The number of fused-ring (bicyclic) bond motifs is 2. The Kier molecular flexibility index (Phi) is 2.86. The van der Waals surface area contributed by atoms with Crippen molar-refractivity contribution in [1.29, 1.82) is 0 Å². The predicted molar refractivity (Wildman–Crippen MR) is 62.3 cm³/mol. The van der Waals surface area contributed by atoms with Gasteiger partial charge in [-0.1, -0.05) is 0 Å². The minimum atomic E-state index is -0.398. The van der Waals surface area contributed by atoms with Crippen molar-refractivity contribution in [3.8, 4) is 0 Å². The maximum atomic E-state index is 12.1. The van der Waals surface area contributed by atoms with Crippen molar-refractivity contribution >= 4 is 6.09 Å². The molecule has 2 heterocycles. The topological polar surface area (TPSA) is 41.6 Å². The van der Waals surface area contributed by atoms with E-state index >= 15 is 0 Å². The van der Waals surface area contributed by atoms with Crippen LogP contribution in [-0.2, 0) is 4.74 Å². The van der Waals surface area contributed by atoms with Gasteiger partial charge >= 0.3 is 6.09 Å². The third-order valence-electron chi connectivity index (χ3n) is 3.40. The van der Waals surface area contributed by atoms with Gasteiger partial charge in [-0.15, -0.1) is 0 Å². The molecule has 0 radical (unpaired) electrons. The van der Waals surface area contributed by atoms with Crippen molar-refractivity contribution in [2.24, 2.45) is 0 Å². The quantitative estimate of drug-likeness (QED) is 0.684. The third kappa shape index (κ3) is 2.17. The second-order valence-electron chi connectivity index (χ2n) is 5.88. The van der Waals surface area contributed by atoms with Crippen molar-refractivity contribution in [1.82, 2.24) is 10.2 Å². The van der Waals surface area contributed by atoms with Crippen LogP contribution in [0.2, 0.25) is 0 Å². The maximum absolute atomic E-state index is 12.1. The Balaban J connectivity index is 2.07. The van der Waals surface area contributed by atoms with E-state index in [9.17, 15) is 4.79 Å². The van der Waals surface area contributed by atoms with Crippen LogP contribution in [0.25, 0.3) is 0 Å². The van der Waals surface area contributed by atoms with Gasteiger partial charge in [0.05, 0.1) is 6.04 Å². The van der Waals surface area contributed by atoms with Gasteiger partial charge in [-0.05, 0) is 40.5 Å². The summed E-state index contributed by atoms with van der Waals surface area (Å²) in [5.41, 5.74) is -0.398. The number of nitrogens with one attached hydrogen (secondary N) is 1. The largest absolute Gasteiger partial charge is 0.444 e. The van der Waals surface area contributed by atoms with Gasteiger partial charge in [0.25, 0.3) is 0 Å². The molecule has 2 bridgehead atoms. The van der Waals surface area contributed by atoms with Crippen LogP contribution in [0, 0.1) is 0 Å². The first-order valence-electron chi connectivity index (χ1n) is 6.13. The van der Waals surface area contributed by atoms with Crippen LogP contribution in [0.15, 0.2) is 0 Å². The molecule has 0 unspecified atom stereocenters. The number of carbonyl (C=O) groups excluding carboxylic acids is 1. The molecule has 4 heteroatoms. The number of piperazine rings is 1. The van der Waals surface area contributed by atoms with E-state index in [4.69, 9.17) is 4.74 Å². The number of hydrogen-bond donors (Lipinski definition) is 1. The van der Waals surface area contributed by atoms with E-state index < -0.39 is 5.60 Å². The standard InChI is InChI=1S/C12H22N2O2/c1-8-10-6-5-9(7-13-8)14(10)11(15)16-12(2,3)4/h8-10,13H,5-7H2,1-4H3/t8-,9+,10-/m1/s1. The highest BCUT2D eigenvalue weighted by Gasteiger charge is 2.44. The van der Waals surface area contributed by atoms with Crippen LogP contribution in [0.5, 0.6) is 0 Å². The average Bonchev–Trinajstić information content (AvgIpc) is 2.46. The Morgan fingerprint density at radius 3 is 2.69 bits per heavy atom. The maximum Gasteiger partial charge on any atom is 0.410 e. The molecule has 3 atom stereocenters. The first-order chi connectivity index (χ1) is 7.38. The van der Waals surface area contributed by atoms with Crippen molar-refractivity contribution in [3.63, 3.8) is 0 Å². The summed E-state index contributed by atoms with van der Waals surface area (Å²) in [5, 5.41) is 3.44. The molecule has 2 aliphatic rings. The van der Waals surface area contributed by atoms with Gasteiger partial charge in [0.2, 0.25) is 0 Å². The van der Waals surface area contributed by atoms with Crippen molar-refractivity contribution in [3.05, 3.63) is 0 Å². The molecule has 2 rings (SSSR count). The zero-order valence-electron chi connectivity index (χ0n) is 10.6. The SMILES string of the molecule is C[C@H]1NC[C@@H]2CC[C@H]1N2C(=O)OC(C)(C)C. The van der Waals surface area contributed by atoms with Crippen molar-refractivity contribution < 1.29 is 9.53 Å². The van der Waals surface area contributed by atoms with E-state index in [2.05, 4.69) is 12.2 Å². The number of carbonyl (C=O) groups is 1. The van der Waals surface area contributed by atoms with Crippen LogP contribution in [0.1, 0.15) is 40.5 Å². The smallest absolute Gasteiger partial charge is 0.410 e. The minimum Gasteiger partial charge on any atom is -0.444 e.